The number of likely N-dealkylation sites (N-methyl/N-ethyl adjacent to an activating group) is 1. The van der Waals surface area contributed by atoms with Gasteiger partial charge in [0, 0.05) is 12.4 Å². The second-order valence-electron chi connectivity index (χ2n) is 4.30. The minimum Gasteiger partial charge on any atom is -0.480 e. The third-order valence-electron chi connectivity index (χ3n) is 3.31. The van der Waals surface area contributed by atoms with Crippen molar-refractivity contribution in [2.24, 2.45) is 0 Å². The van der Waals surface area contributed by atoms with Crippen molar-refractivity contribution in [3.8, 4) is 0 Å². The van der Waals surface area contributed by atoms with Gasteiger partial charge < -0.3 is 10.4 Å². The molecule has 0 aliphatic heterocycles. The average molecular weight is 223 g/mol. The molecule has 1 fully saturated rings. The summed E-state index contributed by atoms with van der Waals surface area (Å²) in [5, 5.41) is 16.6. The van der Waals surface area contributed by atoms with E-state index in [0.717, 1.165) is 6.42 Å². The molecule has 2 atom stereocenters. The Hall–Kier alpha value is -1.36. The molecule has 5 heteroatoms. The van der Waals surface area contributed by atoms with Crippen LogP contribution in [0.25, 0.3) is 0 Å². The van der Waals surface area contributed by atoms with Gasteiger partial charge in [0.25, 0.3) is 0 Å². The maximum Gasteiger partial charge on any atom is 0.323 e. The largest absolute Gasteiger partial charge is 0.480 e. The Bertz CT molecular complexity index is 363. The fourth-order valence-corrected chi connectivity index (χ4v) is 2.51. The molecule has 1 aliphatic rings. The smallest absolute Gasteiger partial charge is 0.323 e. The van der Waals surface area contributed by atoms with Crippen LogP contribution >= 0.6 is 0 Å². The maximum absolute atomic E-state index is 11.3. The first-order valence-corrected chi connectivity index (χ1v) is 5.65. The van der Waals surface area contributed by atoms with Crippen molar-refractivity contribution in [1.29, 1.82) is 0 Å². The lowest BCUT2D eigenvalue weighted by Crippen LogP contribution is -2.50. The summed E-state index contributed by atoms with van der Waals surface area (Å²) in [7, 11) is 0. The number of carboxylic acids is 1. The zero-order valence-electron chi connectivity index (χ0n) is 9.39. The maximum atomic E-state index is 11.3. The van der Waals surface area contributed by atoms with E-state index < -0.39 is 11.5 Å². The van der Waals surface area contributed by atoms with Crippen molar-refractivity contribution < 1.29 is 9.90 Å². The van der Waals surface area contributed by atoms with E-state index >= 15 is 0 Å². The van der Waals surface area contributed by atoms with Gasteiger partial charge in [0.1, 0.15) is 5.54 Å². The van der Waals surface area contributed by atoms with E-state index in [-0.39, 0.29) is 6.04 Å². The number of rotatable bonds is 4. The van der Waals surface area contributed by atoms with Gasteiger partial charge in [-0.05, 0) is 31.9 Å². The summed E-state index contributed by atoms with van der Waals surface area (Å²) in [4.78, 5) is 11.3. The molecule has 0 bridgehead atoms. The molecule has 1 aromatic rings. The Balaban J connectivity index is 2.13. The molecule has 1 aromatic heterocycles. The summed E-state index contributed by atoms with van der Waals surface area (Å²) in [5.74, 6) is -0.746. The number of hydrogen-bond acceptors (Lipinski definition) is 3. The van der Waals surface area contributed by atoms with Crippen LogP contribution in [0.4, 0.5) is 0 Å². The third kappa shape index (κ3) is 1.82. The molecule has 0 radical (unpaired) electrons. The standard InChI is InChI=1S/C11H17N3O2/c1-2-12-11(10(15)16)5-4-9(8-11)14-7-3-6-13-14/h3,6-7,9,12H,2,4-5,8H2,1H3,(H,15,16). The second kappa shape index (κ2) is 4.25. The Labute approximate surface area is 94.5 Å². The van der Waals surface area contributed by atoms with Crippen LogP contribution in [0.3, 0.4) is 0 Å². The minimum absolute atomic E-state index is 0.199. The van der Waals surface area contributed by atoms with Gasteiger partial charge in [0.05, 0.1) is 6.04 Å². The number of hydrogen-bond donors (Lipinski definition) is 2. The molecule has 1 heterocycles. The molecule has 0 saturated heterocycles. The quantitative estimate of drug-likeness (QED) is 0.800. The lowest BCUT2D eigenvalue weighted by Gasteiger charge is -2.25. The molecule has 0 aromatic carbocycles. The van der Waals surface area contributed by atoms with Crippen LogP contribution in [0, 0.1) is 0 Å². The van der Waals surface area contributed by atoms with Crippen LogP contribution in [0.15, 0.2) is 18.5 Å². The first kappa shape index (κ1) is 11.1. The highest BCUT2D eigenvalue weighted by atomic mass is 16.4. The number of nitrogens with one attached hydrogen (secondary N) is 1. The summed E-state index contributed by atoms with van der Waals surface area (Å²) in [6.45, 7) is 2.62. The zero-order valence-corrected chi connectivity index (χ0v) is 9.39. The SMILES string of the molecule is CCNC1(C(=O)O)CCC(n2cccn2)C1. The number of carbonyl (C=O) groups is 1. The van der Waals surface area contributed by atoms with Crippen LogP contribution in [0.5, 0.6) is 0 Å². The Morgan fingerprint density at radius 3 is 3.12 bits per heavy atom. The molecule has 2 unspecified atom stereocenters. The van der Waals surface area contributed by atoms with Crippen molar-refractivity contribution >= 4 is 5.97 Å². The van der Waals surface area contributed by atoms with Crippen LogP contribution < -0.4 is 5.32 Å². The van der Waals surface area contributed by atoms with E-state index in [9.17, 15) is 9.90 Å². The van der Waals surface area contributed by atoms with Gasteiger partial charge in [-0.25, -0.2) is 0 Å². The van der Waals surface area contributed by atoms with Crippen molar-refractivity contribution in [1.82, 2.24) is 15.1 Å². The van der Waals surface area contributed by atoms with Crippen molar-refractivity contribution in [2.45, 2.75) is 37.8 Å². The Morgan fingerprint density at radius 1 is 1.75 bits per heavy atom. The highest BCUT2D eigenvalue weighted by Gasteiger charge is 2.45. The first-order valence-electron chi connectivity index (χ1n) is 5.65. The summed E-state index contributed by atoms with van der Waals surface area (Å²) in [5.41, 5.74) is -0.759. The van der Waals surface area contributed by atoms with Crippen LogP contribution in [0.1, 0.15) is 32.2 Å². The summed E-state index contributed by atoms with van der Waals surface area (Å²) >= 11 is 0. The van der Waals surface area contributed by atoms with Crippen LogP contribution in [0.2, 0.25) is 0 Å². The molecule has 88 valence electrons. The molecular formula is C11H17N3O2. The van der Waals surface area contributed by atoms with Crippen molar-refractivity contribution in [3.05, 3.63) is 18.5 Å². The fraction of sp³-hybridized carbons (Fsp3) is 0.636. The molecule has 5 nitrogen and oxygen atoms in total. The molecule has 16 heavy (non-hydrogen) atoms. The van der Waals surface area contributed by atoms with Gasteiger partial charge in [0.15, 0.2) is 0 Å². The first-order chi connectivity index (χ1) is 7.68. The van der Waals surface area contributed by atoms with Gasteiger partial charge in [-0.15, -0.1) is 0 Å². The molecule has 1 aliphatic carbocycles. The van der Waals surface area contributed by atoms with Gasteiger partial charge in [0.2, 0.25) is 0 Å². The predicted octanol–water partition coefficient (Wildman–Crippen LogP) is 1.04. The third-order valence-corrected chi connectivity index (χ3v) is 3.31. The van der Waals surface area contributed by atoms with E-state index in [1.165, 1.54) is 0 Å². The Morgan fingerprint density at radius 2 is 2.56 bits per heavy atom. The van der Waals surface area contributed by atoms with E-state index in [1.807, 2.05) is 23.9 Å². The lowest BCUT2D eigenvalue weighted by molar-refractivity contribution is -0.144. The van der Waals surface area contributed by atoms with E-state index in [1.54, 1.807) is 6.20 Å². The minimum atomic E-state index is -0.759. The molecule has 1 saturated carbocycles. The average Bonchev–Trinajstić information content (AvgIpc) is 2.84. The molecule has 2 N–H and O–H groups in total. The summed E-state index contributed by atoms with van der Waals surface area (Å²) < 4.78 is 1.86. The lowest BCUT2D eigenvalue weighted by atomic mass is 9.97. The highest BCUT2D eigenvalue weighted by Crippen LogP contribution is 2.37. The number of nitrogens with zero attached hydrogens (tertiary/aromatic N) is 2. The van der Waals surface area contributed by atoms with E-state index in [2.05, 4.69) is 10.4 Å². The van der Waals surface area contributed by atoms with E-state index in [4.69, 9.17) is 0 Å². The highest BCUT2D eigenvalue weighted by molar-refractivity contribution is 5.79. The second-order valence-corrected chi connectivity index (χ2v) is 4.30. The number of carboxylic acid groups (broad SMARTS) is 1. The van der Waals surface area contributed by atoms with Gasteiger partial charge in [-0.2, -0.15) is 5.10 Å². The van der Waals surface area contributed by atoms with Gasteiger partial charge in [-0.1, -0.05) is 6.92 Å². The van der Waals surface area contributed by atoms with Crippen LogP contribution in [-0.2, 0) is 4.79 Å². The topological polar surface area (TPSA) is 67.2 Å². The number of aliphatic carboxylic acids is 1. The van der Waals surface area contributed by atoms with Gasteiger partial charge in [-0.3, -0.25) is 9.48 Å². The summed E-state index contributed by atoms with van der Waals surface area (Å²) in [6, 6.07) is 2.07. The zero-order chi connectivity index (χ0) is 11.6. The van der Waals surface area contributed by atoms with Crippen molar-refractivity contribution in [2.75, 3.05) is 6.54 Å². The van der Waals surface area contributed by atoms with E-state index in [0.29, 0.717) is 19.4 Å². The van der Waals surface area contributed by atoms with Crippen LogP contribution in [-0.4, -0.2) is 32.9 Å². The monoisotopic (exact) mass is 223 g/mol. The predicted molar refractivity (Wildman–Crippen MR) is 59.2 cm³/mol. The Kier molecular flexibility index (Phi) is 2.96. The van der Waals surface area contributed by atoms with Gasteiger partial charge >= 0.3 is 5.97 Å². The summed E-state index contributed by atoms with van der Waals surface area (Å²) in [6.07, 6.45) is 5.77. The number of aromatic nitrogens is 2. The molecule has 2 rings (SSSR count). The van der Waals surface area contributed by atoms with Crippen molar-refractivity contribution in [3.63, 3.8) is 0 Å². The normalized spacial score (nSPS) is 29.4. The molecular weight excluding hydrogens is 206 g/mol. The molecule has 0 amide bonds. The fourth-order valence-electron chi connectivity index (χ4n) is 2.51. The molecule has 0 spiro atoms.